The number of anilines is 4. The van der Waals surface area contributed by atoms with E-state index in [2.05, 4.69) is 141 Å². The van der Waals surface area contributed by atoms with Gasteiger partial charge in [-0.25, -0.2) is 22.6 Å². The fourth-order valence-corrected chi connectivity index (χ4v) is 6.42. The van der Waals surface area contributed by atoms with E-state index < -0.39 is 0 Å². The minimum absolute atomic E-state index is 0. The van der Waals surface area contributed by atoms with Gasteiger partial charge in [-0.05, 0) is 77.8 Å². The molecule has 0 spiro atoms. The molecule has 4 aliphatic heterocycles. The van der Waals surface area contributed by atoms with Crippen LogP contribution in [0, 0.1) is 50.9 Å². The maximum Gasteiger partial charge on any atom is 0 e. The number of nitrogens with zero attached hydrogens (tertiary/aromatic N) is 9. The van der Waals surface area contributed by atoms with Gasteiger partial charge in [-0.15, -0.1) is 28.9 Å². The SMILES string of the molecule is CN1C=CN(c2[c-]c3c(cc2)c2ccc(N4C=CN(C)[CH-]4)[c-]c2n3-c2[c-]c(N3C=CN(C)[CH-]3)c(C(C)(C)C)c(N3C=CN(C)[CH-]3)[c-]2)[CH-]1.[Pd].[Pd]. The topological polar surface area (TPSA) is 30.9 Å². The van der Waals surface area contributed by atoms with Gasteiger partial charge in [-0.2, -0.15) is 61.7 Å². The predicted octanol–water partition coefficient (Wildman–Crippen LogP) is 6.65. The first kappa shape index (κ1) is 35.0. The summed E-state index contributed by atoms with van der Waals surface area (Å²) < 4.78 is 2.22. The fraction of sp³-hybridized carbons (Fsp3) is 0.211. The molecule has 11 heteroatoms. The summed E-state index contributed by atoms with van der Waals surface area (Å²) in [6, 6.07) is 23.9. The second kappa shape index (κ2) is 13.1. The van der Waals surface area contributed by atoms with Gasteiger partial charge in [-0.3, -0.25) is 0 Å². The summed E-state index contributed by atoms with van der Waals surface area (Å²) in [5.74, 6) is 0. The number of benzene rings is 3. The molecule has 0 fully saturated rings. The van der Waals surface area contributed by atoms with Crippen LogP contribution in [0.2, 0.25) is 0 Å². The molecule has 0 radical (unpaired) electrons. The number of hydrogen-bond acceptors (Lipinski definition) is 8. The average Bonchev–Trinajstić information content (AvgIpc) is 3.87. The van der Waals surface area contributed by atoms with E-state index in [-0.39, 0.29) is 46.3 Å². The van der Waals surface area contributed by atoms with E-state index >= 15 is 0 Å². The molecule has 0 amide bonds. The third kappa shape index (κ3) is 6.23. The Morgan fingerprint density at radius 1 is 0.490 bits per heavy atom. The minimum atomic E-state index is -0.213. The van der Waals surface area contributed by atoms with Gasteiger partial charge in [0.1, 0.15) is 0 Å². The number of hydrogen-bond donors (Lipinski definition) is 0. The van der Waals surface area contributed by atoms with E-state index in [1.54, 1.807) is 0 Å². The monoisotopic (exact) mass is 831 g/mol. The molecule has 3 aromatic carbocycles. The Balaban J connectivity index is 0.00000208. The first-order chi connectivity index (χ1) is 22.5. The second-order valence-corrected chi connectivity index (χ2v) is 13.4. The van der Waals surface area contributed by atoms with Crippen LogP contribution in [-0.4, -0.2) is 52.4 Å². The number of rotatable bonds is 5. The van der Waals surface area contributed by atoms with Gasteiger partial charge in [0.2, 0.25) is 0 Å². The molecule has 0 N–H and O–H groups in total. The van der Waals surface area contributed by atoms with Crippen LogP contribution >= 0.6 is 0 Å². The van der Waals surface area contributed by atoms with Crippen molar-refractivity contribution < 1.29 is 40.8 Å². The van der Waals surface area contributed by atoms with Gasteiger partial charge >= 0.3 is 0 Å². The van der Waals surface area contributed by atoms with E-state index in [9.17, 15) is 0 Å². The number of aromatic nitrogens is 1. The van der Waals surface area contributed by atoms with Crippen LogP contribution in [0.1, 0.15) is 26.3 Å². The van der Waals surface area contributed by atoms with Gasteiger partial charge in [-0.1, -0.05) is 31.8 Å². The van der Waals surface area contributed by atoms with Crippen molar-refractivity contribution in [2.75, 3.05) is 47.8 Å². The van der Waals surface area contributed by atoms with Gasteiger partial charge < -0.3 is 55.9 Å². The van der Waals surface area contributed by atoms with E-state index in [0.29, 0.717) is 0 Å². The van der Waals surface area contributed by atoms with Crippen LogP contribution in [0.25, 0.3) is 27.5 Å². The van der Waals surface area contributed by atoms with Crippen molar-refractivity contribution in [3.8, 4) is 5.69 Å². The van der Waals surface area contributed by atoms with E-state index in [0.717, 1.165) is 55.8 Å². The molecule has 0 saturated heterocycles. The summed E-state index contributed by atoms with van der Waals surface area (Å²) in [7, 11) is 8.13. The minimum Gasteiger partial charge on any atom is -0.520 e. The van der Waals surface area contributed by atoms with Crippen molar-refractivity contribution in [2.45, 2.75) is 26.2 Å². The van der Waals surface area contributed by atoms with Gasteiger partial charge in [0.15, 0.2) is 0 Å². The van der Waals surface area contributed by atoms with Crippen molar-refractivity contribution in [3.05, 3.63) is 130 Å². The summed E-state index contributed by atoms with van der Waals surface area (Å²) in [5.41, 5.74) is 7.41. The van der Waals surface area contributed by atoms with Crippen LogP contribution in [0.3, 0.4) is 0 Å². The Bertz CT molecular complexity index is 1880. The second-order valence-electron chi connectivity index (χ2n) is 13.4. The molecule has 8 rings (SSSR count). The van der Waals surface area contributed by atoms with E-state index in [4.69, 9.17) is 0 Å². The predicted molar refractivity (Wildman–Crippen MR) is 190 cm³/mol. The molecule has 49 heavy (non-hydrogen) atoms. The largest absolute Gasteiger partial charge is 0.520 e. The van der Waals surface area contributed by atoms with Gasteiger partial charge in [0.05, 0.1) is 0 Å². The Labute approximate surface area is 317 Å². The molecule has 0 atom stereocenters. The van der Waals surface area contributed by atoms with Crippen molar-refractivity contribution in [3.63, 3.8) is 0 Å². The molecular formula is C38H37N9Pd2-8. The van der Waals surface area contributed by atoms with Crippen LogP contribution in [0.5, 0.6) is 0 Å². The molecule has 262 valence electrons. The average molecular weight is 833 g/mol. The zero-order valence-corrected chi connectivity index (χ0v) is 31.5. The molecule has 5 heterocycles. The molecular weight excluding hydrogens is 795 g/mol. The molecule has 1 aromatic heterocycles. The zero-order valence-electron chi connectivity index (χ0n) is 28.4. The number of fused-ring (bicyclic) bond motifs is 3. The maximum atomic E-state index is 3.85. The summed E-state index contributed by atoms with van der Waals surface area (Å²) in [4.78, 5) is 16.7. The third-order valence-electron chi connectivity index (χ3n) is 8.63. The van der Waals surface area contributed by atoms with Crippen LogP contribution in [-0.2, 0) is 46.3 Å². The Hall–Kier alpha value is -3.86. The quantitative estimate of drug-likeness (QED) is 0.164. The maximum absolute atomic E-state index is 3.85. The van der Waals surface area contributed by atoms with Crippen molar-refractivity contribution in [2.24, 2.45) is 0 Å². The van der Waals surface area contributed by atoms with Crippen LogP contribution in [0.4, 0.5) is 22.7 Å². The Morgan fingerprint density at radius 3 is 1.18 bits per heavy atom. The Morgan fingerprint density at radius 2 is 0.857 bits per heavy atom. The van der Waals surface area contributed by atoms with Crippen molar-refractivity contribution in [1.82, 2.24) is 24.2 Å². The van der Waals surface area contributed by atoms with Gasteiger partial charge in [0, 0.05) is 40.8 Å². The summed E-state index contributed by atoms with van der Waals surface area (Å²) in [5, 5.41) is 2.18. The summed E-state index contributed by atoms with van der Waals surface area (Å²) in [6.45, 7) is 15.0. The molecule has 4 aromatic rings. The molecule has 9 nitrogen and oxygen atoms in total. The summed E-state index contributed by atoms with van der Waals surface area (Å²) >= 11 is 0. The first-order valence-corrected chi connectivity index (χ1v) is 15.6. The third-order valence-corrected chi connectivity index (χ3v) is 8.63. The molecule has 0 saturated carbocycles. The van der Waals surface area contributed by atoms with Gasteiger partial charge in [0.25, 0.3) is 0 Å². The molecule has 0 unspecified atom stereocenters. The van der Waals surface area contributed by atoms with E-state index in [1.807, 2.05) is 76.1 Å². The smallest absolute Gasteiger partial charge is 0 e. The fourth-order valence-electron chi connectivity index (χ4n) is 6.42. The standard InChI is InChI=1S/C38H37N9.2Pd/c1-38(2,3)37-35(45-18-14-41(6)26-45)22-30(23-36(37)46-19-15-42(7)27-46)47-33-20-28(43-16-12-39(4)24-43)8-10-31(33)32-11-9-29(21-34(32)47)44-17-13-40(5)25-44;;/h8-19,24-27H,1-7H3;;/q-8;;. The van der Waals surface area contributed by atoms with Crippen LogP contribution in [0.15, 0.2) is 73.9 Å². The molecule has 4 aliphatic rings. The summed E-state index contributed by atoms with van der Waals surface area (Å²) in [6.07, 6.45) is 16.4. The first-order valence-electron chi connectivity index (χ1n) is 15.6. The Kier molecular flexibility index (Phi) is 9.37. The van der Waals surface area contributed by atoms with Crippen molar-refractivity contribution >= 4 is 44.6 Å². The van der Waals surface area contributed by atoms with E-state index in [1.165, 1.54) is 0 Å². The van der Waals surface area contributed by atoms with Crippen LogP contribution < -0.4 is 19.6 Å². The zero-order chi connectivity index (χ0) is 32.6. The normalized spacial score (nSPS) is 17.2. The van der Waals surface area contributed by atoms with Crippen molar-refractivity contribution in [1.29, 1.82) is 0 Å². The molecule has 0 bridgehead atoms. The molecule has 0 aliphatic carbocycles.